The van der Waals surface area contributed by atoms with Gasteiger partial charge >= 0.3 is 0 Å². The van der Waals surface area contributed by atoms with Crippen molar-refractivity contribution in [2.45, 2.75) is 6.92 Å². The Morgan fingerprint density at radius 1 is 1.40 bits per heavy atom. The predicted octanol–water partition coefficient (Wildman–Crippen LogP) is 3.38. The second-order valence-electron chi connectivity index (χ2n) is 2.88. The molecule has 78 valence electrons. The minimum absolute atomic E-state index is 0.0845. The van der Waals surface area contributed by atoms with Crippen LogP contribution in [0.15, 0.2) is 18.2 Å². The van der Waals surface area contributed by atoms with Crippen LogP contribution in [0.25, 0.3) is 0 Å². The third-order valence-corrected chi connectivity index (χ3v) is 2.74. The summed E-state index contributed by atoms with van der Waals surface area (Å²) in [6, 6.07) is 4.41. The molecule has 0 unspecified atom stereocenters. The molecule has 0 saturated heterocycles. The first-order valence-corrected chi connectivity index (χ1v) is 5.37. The molecule has 0 spiro atoms. The Bertz CT molecular complexity index is 486. The molecule has 3 nitrogen and oxygen atoms in total. The number of aromatic nitrogens is 2. The van der Waals surface area contributed by atoms with Gasteiger partial charge in [-0.1, -0.05) is 22.9 Å². The summed E-state index contributed by atoms with van der Waals surface area (Å²) in [4.78, 5) is 0. The van der Waals surface area contributed by atoms with Gasteiger partial charge in [0, 0.05) is 5.69 Å². The maximum Gasteiger partial charge on any atom is 0.210 e. The van der Waals surface area contributed by atoms with Crippen LogP contribution in [0.4, 0.5) is 15.2 Å². The fraction of sp³-hybridized carbons (Fsp3) is 0.111. The van der Waals surface area contributed by atoms with E-state index in [9.17, 15) is 4.39 Å². The molecule has 2 rings (SSSR count). The lowest BCUT2D eigenvalue weighted by Crippen LogP contribution is -1.90. The Labute approximate surface area is 94.9 Å². The zero-order chi connectivity index (χ0) is 10.8. The van der Waals surface area contributed by atoms with E-state index in [-0.39, 0.29) is 5.02 Å². The molecule has 0 aliphatic heterocycles. The molecular weight excluding hydrogens is 237 g/mol. The third-order valence-electron chi connectivity index (χ3n) is 1.70. The highest BCUT2D eigenvalue weighted by molar-refractivity contribution is 7.15. The molecule has 1 aromatic carbocycles. The van der Waals surface area contributed by atoms with Gasteiger partial charge in [-0.15, -0.1) is 10.2 Å². The zero-order valence-corrected chi connectivity index (χ0v) is 9.36. The van der Waals surface area contributed by atoms with Gasteiger partial charge in [0.15, 0.2) is 0 Å². The number of rotatable bonds is 2. The highest BCUT2D eigenvalue weighted by atomic mass is 35.5. The van der Waals surface area contributed by atoms with Crippen molar-refractivity contribution in [1.29, 1.82) is 0 Å². The third kappa shape index (κ3) is 2.43. The minimum Gasteiger partial charge on any atom is -0.330 e. The maximum atomic E-state index is 12.9. The smallest absolute Gasteiger partial charge is 0.210 e. The lowest BCUT2D eigenvalue weighted by Gasteiger charge is -2.02. The van der Waals surface area contributed by atoms with Gasteiger partial charge in [-0.2, -0.15) is 0 Å². The first-order chi connectivity index (χ1) is 7.15. The molecule has 15 heavy (non-hydrogen) atoms. The maximum absolute atomic E-state index is 12.9. The summed E-state index contributed by atoms with van der Waals surface area (Å²) in [6.07, 6.45) is 0. The molecule has 0 bridgehead atoms. The van der Waals surface area contributed by atoms with Gasteiger partial charge in [-0.25, -0.2) is 4.39 Å². The van der Waals surface area contributed by atoms with Crippen molar-refractivity contribution < 1.29 is 4.39 Å². The summed E-state index contributed by atoms with van der Waals surface area (Å²) in [5, 5.41) is 12.3. The average Bonchev–Trinajstić information content (AvgIpc) is 2.58. The molecule has 0 radical (unpaired) electrons. The molecule has 0 aliphatic rings. The van der Waals surface area contributed by atoms with Gasteiger partial charge < -0.3 is 5.32 Å². The zero-order valence-electron chi connectivity index (χ0n) is 7.79. The van der Waals surface area contributed by atoms with Gasteiger partial charge in [0.2, 0.25) is 5.13 Å². The first kappa shape index (κ1) is 10.3. The van der Waals surface area contributed by atoms with Gasteiger partial charge in [-0.05, 0) is 25.1 Å². The van der Waals surface area contributed by atoms with Crippen molar-refractivity contribution in [2.24, 2.45) is 0 Å². The van der Waals surface area contributed by atoms with Crippen molar-refractivity contribution in [3.05, 3.63) is 34.0 Å². The lowest BCUT2D eigenvalue weighted by atomic mass is 10.3. The molecular formula is C9H7ClFN3S. The summed E-state index contributed by atoms with van der Waals surface area (Å²) >= 11 is 7.06. The molecule has 1 heterocycles. The van der Waals surface area contributed by atoms with Crippen LogP contribution in [0.1, 0.15) is 5.01 Å². The van der Waals surface area contributed by atoms with Crippen LogP contribution >= 0.6 is 22.9 Å². The number of nitrogens with zero attached hydrogens (tertiary/aromatic N) is 2. The highest BCUT2D eigenvalue weighted by Crippen LogP contribution is 2.24. The number of aryl methyl sites for hydroxylation is 1. The topological polar surface area (TPSA) is 37.8 Å². The predicted molar refractivity (Wildman–Crippen MR) is 59.3 cm³/mol. The monoisotopic (exact) mass is 243 g/mol. The fourth-order valence-corrected chi connectivity index (χ4v) is 1.84. The van der Waals surface area contributed by atoms with Crippen molar-refractivity contribution in [2.75, 3.05) is 5.32 Å². The van der Waals surface area contributed by atoms with E-state index in [1.54, 1.807) is 6.07 Å². The quantitative estimate of drug-likeness (QED) is 0.879. The number of nitrogens with one attached hydrogen (secondary N) is 1. The lowest BCUT2D eigenvalue weighted by molar-refractivity contribution is 0.628. The van der Waals surface area contributed by atoms with E-state index < -0.39 is 5.82 Å². The van der Waals surface area contributed by atoms with Crippen molar-refractivity contribution in [1.82, 2.24) is 10.2 Å². The number of benzene rings is 1. The Balaban J connectivity index is 2.21. The van der Waals surface area contributed by atoms with Crippen LogP contribution in [-0.4, -0.2) is 10.2 Å². The van der Waals surface area contributed by atoms with E-state index in [4.69, 9.17) is 11.6 Å². The standard InChI is InChI=1S/C9H7ClFN3S/c1-5-13-14-9(15-5)12-6-2-3-8(11)7(10)4-6/h2-4H,1H3,(H,12,14). The summed E-state index contributed by atoms with van der Waals surface area (Å²) in [6.45, 7) is 1.86. The molecule has 0 fully saturated rings. The highest BCUT2D eigenvalue weighted by Gasteiger charge is 2.03. The Morgan fingerprint density at radius 2 is 2.20 bits per heavy atom. The molecule has 1 N–H and O–H groups in total. The number of hydrogen-bond acceptors (Lipinski definition) is 4. The van der Waals surface area contributed by atoms with Crippen LogP contribution in [-0.2, 0) is 0 Å². The molecule has 0 aliphatic carbocycles. The van der Waals surface area contributed by atoms with E-state index in [2.05, 4.69) is 15.5 Å². The summed E-state index contributed by atoms with van der Waals surface area (Å²) in [5.41, 5.74) is 0.692. The molecule has 0 saturated carbocycles. The average molecular weight is 244 g/mol. The minimum atomic E-state index is -0.435. The van der Waals surface area contributed by atoms with Crippen LogP contribution in [0.2, 0.25) is 5.02 Å². The van der Waals surface area contributed by atoms with Gasteiger partial charge in [0.1, 0.15) is 10.8 Å². The van der Waals surface area contributed by atoms with Crippen LogP contribution in [0.5, 0.6) is 0 Å². The van der Waals surface area contributed by atoms with Crippen molar-refractivity contribution in [3.8, 4) is 0 Å². The molecule has 0 amide bonds. The van der Waals surface area contributed by atoms with Gasteiger partial charge in [-0.3, -0.25) is 0 Å². The van der Waals surface area contributed by atoms with E-state index in [0.29, 0.717) is 10.8 Å². The van der Waals surface area contributed by atoms with E-state index in [1.807, 2.05) is 6.92 Å². The summed E-state index contributed by atoms with van der Waals surface area (Å²) in [7, 11) is 0. The van der Waals surface area contributed by atoms with Gasteiger partial charge in [0.05, 0.1) is 5.02 Å². The van der Waals surface area contributed by atoms with Crippen molar-refractivity contribution >= 4 is 33.8 Å². The van der Waals surface area contributed by atoms with Crippen LogP contribution in [0.3, 0.4) is 0 Å². The second-order valence-corrected chi connectivity index (χ2v) is 4.47. The van der Waals surface area contributed by atoms with E-state index in [1.165, 1.54) is 23.5 Å². The Morgan fingerprint density at radius 3 is 2.80 bits per heavy atom. The molecule has 6 heteroatoms. The van der Waals surface area contributed by atoms with Gasteiger partial charge in [0.25, 0.3) is 0 Å². The second kappa shape index (κ2) is 4.12. The Hall–Kier alpha value is -1.20. The van der Waals surface area contributed by atoms with Crippen LogP contribution < -0.4 is 5.32 Å². The van der Waals surface area contributed by atoms with Crippen LogP contribution in [0, 0.1) is 12.7 Å². The fourth-order valence-electron chi connectivity index (χ4n) is 1.04. The first-order valence-electron chi connectivity index (χ1n) is 4.17. The Kier molecular flexibility index (Phi) is 2.83. The number of halogens is 2. The normalized spacial score (nSPS) is 10.3. The molecule has 1 aromatic heterocycles. The van der Waals surface area contributed by atoms with Crippen molar-refractivity contribution in [3.63, 3.8) is 0 Å². The summed E-state index contributed by atoms with van der Waals surface area (Å²) in [5.74, 6) is -0.435. The SMILES string of the molecule is Cc1nnc(Nc2ccc(F)c(Cl)c2)s1. The van der Waals surface area contributed by atoms with E-state index in [0.717, 1.165) is 5.01 Å². The summed E-state index contributed by atoms with van der Waals surface area (Å²) < 4.78 is 12.9. The number of hydrogen-bond donors (Lipinski definition) is 1. The largest absolute Gasteiger partial charge is 0.330 e. The molecule has 2 aromatic rings. The number of anilines is 2. The van der Waals surface area contributed by atoms with E-state index >= 15 is 0 Å². The molecule has 0 atom stereocenters.